The van der Waals surface area contributed by atoms with E-state index in [0.29, 0.717) is 13.1 Å². The zero-order chi connectivity index (χ0) is 20.7. The molecule has 2 aliphatic rings. The monoisotopic (exact) mass is 394 g/mol. The van der Waals surface area contributed by atoms with Crippen LogP contribution in [0, 0.1) is 10.1 Å². The van der Waals surface area contributed by atoms with E-state index in [9.17, 15) is 24.5 Å². The summed E-state index contributed by atoms with van der Waals surface area (Å²) in [5.41, 5.74) is -0.0500. The Hall–Kier alpha value is -3.59. The first-order valence-electron chi connectivity index (χ1n) is 9.12. The molecule has 0 spiro atoms. The van der Waals surface area contributed by atoms with Crippen molar-refractivity contribution in [3.63, 3.8) is 0 Å². The Labute approximate surface area is 166 Å². The normalized spacial score (nSPS) is 16.9. The molecular formula is C20H18N4O5. The lowest BCUT2D eigenvalue weighted by atomic mass is 10.1. The summed E-state index contributed by atoms with van der Waals surface area (Å²) in [4.78, 5) is 53.7. The molecule has 148 valence electrons. The molecule has 29 heavy (non-hydrogen) atoms. The average Bonchev–Trinajstić information content (AvgIpc) is 2.98. The van der Waals surface area contributed by atoms with Gasteiger partial charge in [-0.15, -0.1) is 0 Å². The van der Waals surface area contributed by atoms with Gasteiger partial charge in [-0.3, -0.25) is 24.5 Å². The van der Waals surface area contributed by atoms with Gasteiger partial charge in [0.2, 0.25) is 0 Å². The lowest BCUT2D eigenvalue weighted by Crippen LogP contribution is -2.47. The van der Waals surface area contributed by atoms with E-state index in [4.69, 9.17) is 0 Å². The van der Waals surface area contributed by atoms with Crippen molar-refractivity contribution in [2.45, 2.75) is 0 Å². The molecular weight excluding hydrogens is 376 g/mol. The summed E-state index contributed by atoms with van der Waals surface area (Å²) in [5.74, 6) is -1.55. The molecule has 1 saturated heterocycles. The number of fused-ring (bicyclic) bond motifs is 1. The zero-order valence-corrected chi connectivity index (χ0v) is 15.7. The first-order valence-corrected chi connectivity index (χ1v) is 9.12. The molecule has 0 atom stereocenters. The second kappa shape index (κ2) is 7.10. The van der Waals surface area contributed by atoms with Crippen LogP contribution in [0.2, 0.25) is 0 Å². The number of benzene rings is 2. The van der Waals surface area contributed by atoms with Crippen LogP contribution >= 0.6 is 0 Å². The van der Waals surface area contributed by atoms with Gasteiger partial charge in [-0.1, -0.05) is 12.1 Å². The first-order chi connectivity index (χ1) is 13.9. The number of carbonyl (C=O) groups excluding carboxylic acids is 3. The van der Waals surface area contributed by atoms with Gasteiger partial charge in [0.25, 0.3) is 23.4 Å². The van der Waals surface area contributed by atoms with Crippen LogP contribution in [0.1, 0.15) is 31.1 Å². The van der Waals surface area contributed by atoms with Crippen LogP contribution < -0.4 is 4.90 Å². The minimum atomic E-state index is -0.681. The second-order valence-corrected chi connectivity index (χ2v) is 7.05. The quantitative estimate of drug-likeness (QED) is 0.447. The molecule has 2 aliphatic heterocycles. The van der Waals surface area contributed by atoms with Crippen LogP contribution in [0.4, 0.5) is 11.4 Å². The van der Waals surface area contributed by atoms with E-state index < -0.39 is 22.4 Å². The molecule has 4 rings (SSSR count). The van der Waals surface area contributed by atoms with E-state index in [1.54, 1.807) is 17.0 Å². The number of anilines is 1. The fourth-order valence-electron chi connectivity index (χ4n) is 3.59. The summed E-state index contributed by atoms with van der Waals surface area (Å²) in [5, 5.41) is 11.7. The van der Waals surface area contributed by atoms with Crippen LogP contribution in [0.5, 0.6) is 0 Å². The summed E-state index contributed by atoms with van der Waals surface area (Å²) in [6, 6.07) is 10.1. The van der Waals surface area contributed by atoms with Crippen LogP contribution in [-0.2, 0) is 0 Å². The molecule has 0 unspecified atom stereocenters. The first kappa shape index (κ1) is 18.8. The maximum atomic E-state index is 12.8. The average molecular weight is 394 g/mol. The number of amides is 3. The molecule has 9 nitrogen and oxygen atoms in total. The second-order valence-electron chi connectivity index (χ2n) is 7.05. The molecule has 1 fully saturated rings. The SMILES string of the molecule is CN1CCN(C(=O)c2ccc(N3C(=O)c4ccccc4C3=O)c([N+](=O)[O-])c2)CC1. The molecule has 2 heterocycles. The van der Waals surface area contributed by atoms with Crippen molar-refractivity contribution in [3.8, 4) is 0 Å². The number of piperazine rings is 1. The van der Waals surface area contributed by atoms with E-state index in [1.807, 2.05) is 7.05 Å². The molecule has 9 heteroatoms. The van der Waals surface area contributed by atoms with Gasteiger partial charge in [-0.2, -0.15) is 0 Å². The summed E-state index contributed by atoms with van der Waals surface area (Å²) in [7, 11) is 1.96. The zero-order valence-electron chi connectivity index (χ0n) is 15.7. The molecule has 0 bridgehead atoms. The highest BCUT2D eigenvalue weighted by molar-refractivity contribution is 6.35. The third kappa shape index (κ3) is 3.15. The number of nitrogens with zero attached hydrogens (tertiary/aromatic N) is 4. The number of rotatable bonds is 3. The van der Waals surface area contributed by atoms with Crippen LogP contribution in [0.15, 0.2) is 42.5 Å². The fraction of sp³-hybridized carbons (Fsp3) is 0.250. The van der Waals surface area contributed by atoms with E-state index in [0.717, 1.165) is 24.1 Å². The number of nitro benzene ring substituents is 1. The van der Waals surface area contributed by atoms with E-state index in [-0.39, 0.29) is 28.3 Å². The van der Waals surface area contributed by atoms with Crippen molar-refractivity contribution in [1.29, 1.82) is 0 Å². The van der Waals surface area contributed by atoms with Gasteiger partial charge in [0.15, 0.2) is 0 Å². The van der Waals surface area contributed by atoms with Gasteiger partial charge < -0.3 is 9.80 Å². The molecule has 3 amide bonds. The van der Waals surface area contributed by atoms with Crippen molar-refractivity contribution < 1.29 is 19.3 Å². The van der Waals surface area contributed by atoms with Crippen molar-refractivity contribution in [1.82, 2.24) is 9.80 Å². The molecule has 2 aromatic carbocycles. The van der Waals surface area contributed by atoms with Crippen LogP contribution in [0.3, 0.4) is 0 Å². The summed E-state index contributed by atoms with van der Waals surface area (Å²) in [6.45, 7) is 2.51. The van der Waals surface area contributed by atoms with Gasteiger partial charge in [-0.25, -0.2) is 4.90 Å². The highest BCUT2D eigenvalue weighted by Gasteiger charge is 2.39. The molecule has 0 N–H and O–H groups in total. The van der Waals surface area contributed by atoms with Crippen LogP contribution in [-0.4, -0.2) is 65.7 Å². The summed E-state index contributed by atoms with van der Waals surface area (Å²) in [6.07, 6.45) is 0. The Morgan fingerprint density at radius 2 is 1.55 bits per heavy atom. The Bertz CT molecular complexity index is 1010. The highest BCUT2D eigenvalue weighted by Crippen LogP contribution is 2.35. The molecule has 0 aromatic heterocycles. The molecule has 0 radical (unpaired) electrons. The van der Waals surface area contributed by atoms with Gasteiger partial charge in [0, 0.05) is 37.8 Å². The minimum Gasteiger partial charge on any atom is -0.336 e. The van der Waals surface area contributed by atoms with Crippen molar-refractivity contribution in [2.24, 2.45) is 0 Å². The summed E-state index contributed by atoms with van der Waals surface area (Å²) < 4.78 is 0. The minimum absolute atomic E-state index is 0.142. The number of imide groups is 1. The topological polar surface area (TPSA) is 104 Å². The predicted octanol–water partition coefficient (Wildman–Crippen LogP) is 1.78. The third-order valence-corrected chi connectivity index (χ3v) is 5.24. The van der Waals surface area contributed by atoms with Gasteiger partial charge in [0.1, 0.15) is 5.69 Å². The lowest BCUT2D eigenvalue weighted by molar-refractivity contribution is -0.384. The van der Waals surface area contributed by atoms with Crippen LogP contribution in [0.25, 0.3) is 0 Å². The fourth-order valence-corrected chi connectivity index (χ4v) is 3.59. The lowest BCUT2D eigenvalue weighted by Gasteiger charge is -2.32. The molecule has 2 aromatic rings. The Morgan fingerprint density at radius 3 is 2.10 bits per heavy atom. The standard InChI is InChI=1S/C20H18N4O5/c1-21-8-10-22(11-9-21)18(25)13-6-7-16(17(12-13)24(28)29)23-19(26)14-4-2-3-5-15(14)20(23)27/h2-7,12H,8-11H2,1H3. The maximum absolute atomic E-state index is 12.8. The summed E-state index contributed by atoms with van der Waals surface area (Å²) >= 11 is 0. The number of nitro groups is 1. The van der Waals surface area contributed by atoms with E-state index in [1.165, 1.54) is 24.3 Å². The predicted molar refractivity (Wildman–Crippen MR) is 104 cm³/mol. The maximum Gasteiger partial charge on any atom is 0.294 e. The van der Waals surface area contributed by atoms with Crippen molar-refractivity contribution in [3.05, 3.63) is 69.3 Å². The van der Waals surface area contributed by atoms with Gasteiger partial charge in [-0.05, 0) is 31.3 Å². The molecule has 0 aliphatic carbocycles. The smallest absolute Gasteiger partial charge is 0.294 e. The van der Waals surface area contributed by atoms with Gasteiger partial charge >= 0.3 is 0 Å². The molecule has 0 saturated carbocycles. The number of hydrogen-bond acceptors (Lipinski definition) is 6. The van der Waals surface area contributed by atoms with E-state index in [2.05, 4.69) is 4.90 Å². The third-order valence-electron chi connectivity index (χ3n) is 5.24. The Balaban J connectivity index is 1.69. The Morgan fingerprint density at radius 1 is 0.966 bits per heavy atom. The number of likely N-dealkylation sites (N-methyl/N-ethyl adjacent to an activating group) is 1. The Kier molecular flexibility index (Phi) is 4.59. The van der Waals surface area contributed by atoms with Crippen molar-refractivity contribution in [2.75, 3.05) is 38.1 Å². The van der Waals surface area contributed by atoms with Crippen molar-refractivity contribution >= 4 is 29.1 Å². The van der Waals surface area contributed by atoms with E-state index >= 15 is 0 Å². The van der Waals surface area contributed by atoms with Gasteiger partial charge in [0.05, 0.1) is 16.1 Å². The number of carbonyl (C=O) groups is 3. The largest absolute Gasteiger partial charge is 0.336 e. The number of hydrogen-bond donors (Lipinski definition) is 0. The highest BCUT2D eigenvalue weighted by atomic mass is 16.6.